The number of halogens is 2. The number of hydrogen-bond donors (Lipinski definition) is 2. The summed E-state index contributed by atoms with van der Waals surface area (Å²) in [5, 5.41) is 7.57. The predicted molar refractivity (Wildman–Crippen MR) is 78.8 cm³/mol. The van der Waals surface area contributed by atoms with Crippen molar-refractivity contribution in [2.45, 2.75) is 31.7 Å². The van der Waals surface area contributed by atoms with Crippen LogP contribution < -0.4 is 10.6 Å². The Morgan fingerprint density at radius 3 is 2.95 bits per heavy atom. The van der Waals surface area contributed by atoms with Gasteiger partial charge in [-0.1, -0.05) is 29.3 Å². The number of piperidine rings is 1. The van der Waals surface area contributed by atoms with Crippen LogP contribution in [0.25, 0.3) is 0 Å². The van der Waals surface area contributed by atoms with E-state index in [2.05, 4.69) is 10.6 Å². The van der Waals surface area contributed by atoms with E-state index in [-0.39, 0.29) is 11.9 Å². The number of amides is 1. The molecule has 0 radical (unpaired) electrons. The standard InChI is InChI=1S/C14H18Cl2N2O/c15-11-5-3-10(13(16)8-11)4-6-14(19)18-12-2-1-7-17-9-12/h3,5,8,12,17H,1-2,4,6-7,9H2,(H,18,19). The molecule has 0 bridgehead atoms. The Balaban J connectivity index is 1.79. The van der Waals surface area contributed by atoms with Gasteiger partial charge in [-0.25, -0.2) is 0 Å². The van der Waals surface area contributed by atoms with E-state index in [1.807, 2.05) is 6.07 Å². The summed E-state index contributed by atoms with van der Waals surface area (Å²) in [6.07, 6.45) is 3.27. The summed E-state index contributed by atoms with van der Waals surface area (Å²) in [6.45, 7) is 1.92. The molecule has 3 nitrogen and oxygen atoms in total. The topological polar surface area (TPSA) is 41.1 Å². The molecule has 19 heavy (non-hydrogen) atoms. The molecule has 1 amide bonds. The molecule has 2 rings (SSSR count). The minimum absolute atomic E-state index is 0.0831. The Labute approximate surface area is 123 Å². The molecule has 1 heterocycles. The molecule has 1 unspecified atom stereocenters. The lowest BCUT2D eigenvalue weighted by Gasteiger charge is -2.23. The fraction of sp³-hybridized carbons (Fsp3) is 0.500. The summed E-state index contributed by atoms with van der Waals surface area (Å²) in [6, 6.07) is 5.65. The summed E-state index contributed by atoms with van der Waals surface area (Å²) < 4.78 is 0. The second-order valence-corrected chi connectivity index (χ2v) is 5.69. The summed E-state index contributed by atoms with van der Waals surface area (Å²) in [4.78, 5) is 11.9. The van der Waals surface area contributed by atoms with Gasteiger partial charge in [0.05, 0.1) is 0 Å². The molecule has 5 heteroatoms. The minimum atomic E-state index is 0.0831. The first-order valence-electron chi connectivity index (χ1n) is 6.59. The van der Waals surface area contributed by atoms with Crippen LogP contribution in [0.2, 0.25) is 10.0 Å². The number of hydrogen-bond acceptors (Lipinski definition) is 2. The van der Waals surface area contributed by atoms with Crippen molar-refractivity contribution in [2.24, 2.45) is 0 Å². The van der Waals surface area contributed by atoms with Crippen LogP contribution in [0.4, 0.5) is 0 Å². The zero-order valence-corrected chi connectivity index (χ0v) is 12.2. The van der Waals surface area contributed by atoms with E-state index in [0.29, 0.717) is 22.9 Å². The van der Waals surface area contributed by atoms with Gasteiger partial charge in [-0.15, -0.1) is 0 Å². The maximum Gasteiger partial charge on any atom is 0.220 e. The van der Waals surface area contributed by atoms with Gasteiger partial charge < -0.3 is 10.6 Å². The predicted octanol–water partition coefficient (Wildman–Crippen LogP) is 2.79. The maximum absolute atomic E-state index is 11.9. The average molecular weight is 301 g/mol. The van der Waals surface area contributed by atoms with Gasteiger partial charge in [0.15, 0.2) is 0 Å². The largest absolute Gasteiger partial charge is 0.352 e. The summed E-state index contributed by atoms with van der Waals surface area (Å²) in [7, 11) is 0. The van der Waals surface area contributed by atoms with Crippen molar-refractivity contribution in [1.82, 2.24) is 10.6 Å². The van der Waals surface area contributed by atoms with Crippen molar-refractivity contribution < 1.29 is 4.79 Å². The molecule has 1 aliphatic heterocycles. The zero-order valence-electron chi connectivity index (χ0n) is 10.7. The van der Waals surface area contributed by atoms with E-state index in [4.69, 9.17) is 23.2 Å². The summed E-state index contributed by atoms with van der Waals surface area (Å²) in [5.41, 5.74) is 0.961. The molecule has 0 spiro atoms. The molecular weight excluding hydrogens is 283 g/mol. The van der Waals surface area contributed by atoms with Crippen LogP contribution in [0.5, 0.6) is 0 Å². The Kier molecular flexibility index (Phi) is 5.49. The van der Waals surface area contributed by atoms with Crippen molar-refractivity contribution in [3.05, 3.63) is 33.8 Å². The number of nitrogens with one attached hydrogen (secondary N) is 2. The third-order valence-corrected chi connectivity index (χ3v) is 3.89. The van der Waals surface area contributed by atoms with E-state index in [1.54, 1.807) is 12.1 Å². The molecule has 1 aromatic carbocycles. The lowest BCUT2D eigenvalue weighted by molar-refractivity contribution is -0.121. The highest BCUT2D eigenvalue weighted by molar-refractivity contribution is 6.35. The Morgan fingerprint density at radius 1 is 1.42 bits per heavy atom. The Hall–Kier alpha value is -0.770. The van der Waals surface area contributed by atoms with Gasteiger partial charge in [0.1, 0.15) is 0 Å². The van der Waals surface area contributed by atoms with Crippen LogP contribution in [0.3, 0.4) is 0 Å². The van der Waals surface area contributed by atoms with Gasteiger partial charge >= 0.3 is 0 Å². The van der Waals surface area contributed by atoms with Gasteiger partial charge in [0.25, 0.3) is 0 Å². The summed E-state index contributed by atoms with van der Waals surface area (Å²) in [5.74, 6) is 0.0831. The SMILES string of the molecule is O=C(CCc1ccc(Cl)cc1Cl)NC1CCCNC1. The fourth-order valence-electron chi connectivity index (χ4n) is 2.25. The zero-order chi connectivity index (χ0) is 13.7. The molecule has 2 N–H and O–H groups in total. The molecule has 0 aliphatic carbocycles. The van der Waals surface area contributed by atoms with Crippen molar-refractivity contribution in [1.29, 1.82) is 0 Å². The number of rotatable bonds is 4. The fourth-order valence-corrected chi connectivity index (χ4v) is 2.75. The lowest BCUT2D eigenvalue weighted by atomic mass is 10.1. The van der Waals surface area contributed by atoms with E-state index in [0.717, 1.165) is 31.5 Å². The average Bonchev–Trinajstić information content (AvgIpc) is 2.39. The molecule has 1 atom stereocenters. The smallest absolute Gasteiger partial charge is 0.220 e. The Morgan fingerprint density at radius 2 is 2.26 bits per heavy atom. The number of carbonyl (C=O) groups excluding carboxylic acids is 1. The van der Waals surface area contributed by atoms with Crippen LogP contribution in [0.1, 0.15) is 24.8 Å². The highest BCUT2D eigenvalue weighted by atomic mass is 35.5. The van der Waals surface area contributed by atoms with E-state index < -0.39 is 0 Å². The molecule has 1 saturated heterocycles. The second-order valence-electron chi connectivity index (χ2n) is 4.85. The number of carbonyl (C=O) groups is 1. The molecule has 1 aromatic rings. The van der Waals surface area contributed by atoms with Crippen LogP contribution in [0.15, 0.2) is 18.2 Å². The normalized spacial score (nSPS) is 19.2. The minimum Gasteiger partial charge on any atom is -0.352 e. The van der Waals surface area contributed by atoms with Crippen LogP contribution >= 0.6 is 23.2 Å². The molecule has 0 aromatic heterocycles. The highest BCUT2D eigenvalue weighted by Gasteiger charge is 2.15. The third-order valence-electron chi connectivity index (χ3n) is 3.30. The van der Waals surface area contributed by atoms with Crippen molar-refractivity contribution in [2.75, 3.05) is 13.1 Å². The monoisotopic (exact) mass is 300 g/mol. The first kappa shape index (κ1) is 14.6. The molecule has 1 fully saturated rings. The maximum atomic E-state index is 11.9. The van der Waals surface area contributed by atoms with Crippen LogP contribution in [-0.4, -0.2) is 25.0 Å². The Bertz CT molecular complexity index is 445. The van der Waals surface area contributed by atoms with Crippen LogP contribution in [-0.2, 0) is 11.2 Å². The van der Waals surface area contributed by atoms with Gasteiger partial charge in [-0.2, -0.15) is 0 Å². The van der Waals surface area contributed by atoms with E-state index >= 15 is 0 Å². The van der Waals surface area contributed by atoms with Crippen molar-refractivity contribution >= 4 is 29.1 Å². The third kappa shape index (κ3) is 4.68. The number of benzene rings is 1. The lowest BCUT2D eigenvalue weighted by Crippen LogP contribution is -2.45. The molecule has 1 aliphatic rings. The van der Waals surface area contributed by atoms with Gasteiger partial charge in [0, 0.05) is 29.1 Å². The molecule has 0 saturated carbocycles. The molecule has 104 valence electrons. The molecular formula is C14H18Cl2N2O. The van der Waals surface area contributed by atoms with Crippen LogP contribution in [0, 0.1) is 0 Å². The van der Waals surface area contributed by atoms with Crippen molar-refractivity contribution in [3.63, 3.8) is 0 Å². The van der Waals surface area contributed by atoms with Gasteiger partial charge in [0.2, 0.25) is 5.91 Å². The second kappa shape index (κ2) is 7.13. The van der Waals surface area contributed by atoms with E-state index in [9.17, 15) is 4.79 Å². The van der Waals surface area contributed by atoms with Crippen molar-refractivity contribution in [3.8, 4) is 0 Å². The first-order valence-corrected chi connectivity index (χ1v) is 7.35. The summed E-state index contributed by atoms with van der Waals surface area (Å²) >= 11 is 11.9. The quantitative estimate of drug-likeness (QED) is 0.898. The van der Waals surface area contributed by atoms with Gasteiger partial charge in [-0.3, -0.25) is 4.79 Å². The van der Waals surface area contributed by atoms with E-state index in [1.165, 1.54) is 0 Å². The first-order chi connectivity index (χ1) is 9.15. The number of aryl methyl sites for hydroxylation is 1. The highest BCUT2D eigenvalue weighted by Crippen LogP contribution is 2.22. The van der Waals surface area contributed by atoms with Gasteiger partial charge in [-0.05, 0) is 43.5 Å².